The molecule has 0 atom stereocenters. The number of amides is 2. The van der Waals surface area contributed by atoms with E-state index in [0.717, 1.165) is 15.4 Å². The fourth-order valence-corrected chi connectivity index (χ4v) is 5.60. The van der Waals surface area contributed by atoms with Crippen molar-refractivity contribution in [2.75, 3.05) is 26.2 Å². The molecule has 4 heterocycles. The van der Waals surface area contributed by atoms with Gasteiger partial charge in [0.1, 0.15) is 0 Å². The second-order valence-electron chi connectivity index (χ2n) is 7.87. The number of fused-ring (bicyclic) bond motifs is 1. The van der Waals surface area contributed by atoms with Gasteiger partial charge in [0, 0.05) is 67.1 Å². The molecule has 2 aliphatic rings. The molecule has 2 amide bonds. The van der Waals surface area contributed by atoms with E-state index >= 15 is 0 Å². The van der Waals surface area contributed by atoms with Crippen molar-refractivity contribution in [3.8, 4) is 17.1 Å². The predicted molar refractivity (Wildman–Crippen MR) is 125 cm³/mol. The third-order valence-corrected chi connectivity index (χ3v) is 7.86. The Bertz CT molecular complexity index is 1380. The molecule has 0 unspecified atom stereocenters. The minimum absolute atomic E-state index is 0.0140. The van der Waals surface area contributed by atoms with Gasteiger partial charge in [-0.3, -0.25) is 9.78 Å². The van der Waals surface area contributed by atoms with Gasteiger partial charge < -0.3 is 9.64 Å². The Hall–Kier alpha value is -3.61. The zero-order valence-corrected chi connectivity index (χ0v) is 19.8. The van der Waals surface area contributed by atoms with Crippen molar-refractivity contribution in [2.24, 2.45) is 0 Å². The summed E-state index contributed by atoms with van der Waals surface area (Å²) in [5.41, 5.74) is 2.49. The number of hydrogen-bond acceptors (Lipinski definition) is 8. The SMILES string of the molecule is O=C(Oc1ncc(-c2ccncc2)cn1)N1CCN(S(=O)(=O)N2Cc3cc(Cl)ccc3C2=O)CC1. The Balaban J connectivity index is 1.19. The summed E-state index contributed by atoms with van der Waals surface area (Å²) in [6.07, 6.45) is 5.69. The van der Waals surface area contributed by atoms with Gasteiger partial charge in [0.15, 0.2) is 0 Å². The molecule has 0 N–H and O–H groups in total. The van der Waals surface area contributed by atoms with E-state index in [1.54, 1.807) is 36.7 Å². The van der Waals surface area contributed by atoms with Crippen LogP contribution in [0.1, 0.15) is 15.9 Å². The molecule has 0 saturated carbocycles. The van der Waals surface area contributed by atoms with E-state index in [9.17, 15) is 18.0 Å². The van der Waals surface area contributed by atoms with Crippen molar-refractivity contribution in [2.45, 2.75) is 6.54 Å². The first-order chi connectivity index (χ1) is 16.8. The van der Waals surface area contributed by atoms with Gasteiger partial charge in [-0.05, 0) is 41.5 Å². The van der Waals surface area contributed by atoms with Crippen molar-refractivity contribution in [3.05, 3.63) is 71.3 Å². The van der Waals surface area contributed by atoms with Crippen LogP contribution < -0.4 is 4.74 Å². The highest BCUT2D eigenvalue weighted by molar-refractivity contribution is 7.87. The molecule has 0 radical (unpaired) electrons. The molecule has 11 nitrogen and oxygen atoms in total. The van der Waals surface area contributed by atoms with Crippen molar-refractivity contribution < 1.29 is 22.7 Å². The number of carbonyl (C=O) groups excluding carboxylic acids is 2. The number of aromatic nitrogens is 3. The lowest BCUT2D eigenvalue weighted by molar-refractivity contribution is 0.0863. The Morgan fingerprint density at radius 1 is 0.971 bits per heavy atom. The summed E-state index contributed by atoms with van der Waals surface area (Å²) in [4.78, 5) is 38.7. The van der Waals surface area contributed by atoms with Crippen LogP contribution >= 0.6 is 11.6 Å². The molecular formula is C22H19ClN6O5S. The van der Waals surface area contributed by atoms with E-state index in [0.29, 0.717) is 16.1 Å². The average molecular weight is 515 g/mol. The van der Waals surface area contributed by atoms with Crippen LogP contribution in [0.25, 0.3) is 11.1 Å². The lowest BCUT2D eigenvalue weighted by Crippen LogP contribution is -2.54. The molecule has 35 heavy (non-hydrogen) atoms. The Kier molecular flexibility index (Phi) is 6.09. The molecule has 13 heteroatoms. The average Bonchev–Trinajstić information content (AvgIpc) is 3.21. The summed E-state index contributed by atoms with van der Waals surface area (Å²) in [6, 6.07) is 8.17. The summed E-state index contributed by atoms with van der Waals surface area (Å²) in [6.45, 7) is 0.133. The van der Waals surface area contributed by atoms with Crippen molar-refractivity contribution >= 4 is 33.8 Å². The van der Waals surface area contributed by atoms with Crippen LogP contribution in [0.4, 0.5) is 4.79 Å². The van der Waals surface area contributed by atoms with E-state index in [1.807, 2.05) is 0 Å². The maximum Gasteiger partial charge on any atom is 0.417 e. The maximum atomic E-state index is 13.1. The molecule has 0 spiro atoms. The topological polar surface area (TPSA) is 126 Å². The van der Waals surface area contributed by atoms with Gasteiger partial charge in [-0.25, -0.2) is 19.1 Å². The van der Waals surface area contributed by atoms with Crippen LogP contribution in [-0.2, 0) is 16.8 Å². The fraction of sp³-hybridized carbons (Fsp3) is 0.227. The van der Waals surface area contributed by atoms with Gasteiger partial charge in [0.05, 0.1) is 6.54 Å². The zero-order valence-electron chi connectivity index (χ0n) is 18.2. The minimum atomic E-state index is -4.06. The number of nitrogens with zero attached hydrogens (tertiary/aromatic N) is 6. The van der Waals surface area contributed by atoms with Crippen molar-refractivity contribution in [3.63, 3.8) is 0 Å². The van der Waals surface area contributed by atoms with Crippen LogP contribution in [0.15, 0.2) is 55.1 Å². The summed E-state index contributed by atoms with van der Waals surface area (Å²) in [5, 5.41) is 0.430. The molecule has 5 rings (SSSR count). The van der Waals surface area contributed by atoms with Gasteiger partial charge in [-0.1, -0.05) is 11.6 Å². The molecule has 2 aliphatic heterocycles. The molecule has 0 bridgehead atoms. The van der Waals surface area contributed by atoms with Crippen LogP contribution in [-0.4, -0.2) is 75.1 Å². The van der Waals surface area contributed by atoms with Crippen molar-refractivity contribution in [1.29, 1.82) is 0 Å². The third kappa shape index (κ3) is 4.55. The molecule has 1 fully saturated rings. The van der Waals surface area contributed by atoms with Crippen LogP contribution in [0, 0.1) is 0 Å². The third-order valence-electron chi connectivity index (χ3n) is 5.76. The standard InChI is InChI=1S/C22H19ClN6O5S/c23-18-1-2-19-16(11-18)14-29(20(19)30)35(32,33)28-9-7-27(8-10-28)22(31)34-21-25-12-17(13-26-21)15-3-5-24-6-4-15/h1-6,11-13H,7-10,14H2. The van der Waals surface area contributed by atoms with Gasteiger partial charge in [0.2, 0.25) is 0 Å². The quantitative estimate of drug-likeness (QED) is 0.518. The molecule has 180 valence electrons. The Morgan fingerprint density at radius 3 is 2.34 bits per heavy atom. The first kappa shape index (κ1) is 23.1. The number of rotatable bonds is 4. The monoisotopic (exact) mass is 514 g/mol. The van der Waals surface area contributed by atoms with E-state index in [2.05, 4.69) is 15.0 Å². The lowest BCUT2D eigenvalue weighted by atomic mass is 10.1. The van der Waals surface area contributed by atoms with Gasteiger partial charge >= 0.3 is 22.3 Å². The van der Waals surface area contributed by atoms with E-state index in [1.165, 1.54) is 27.7 Å². The second-order valence-corrected chi connectivity index (χ2v) is 10.2. The number of halogens is 1. The van der Waals surface area contributed by atoms with Crippen molar-refractivity contribution in [1.82, 2.24) is 28.5 Å². The number of benzene rings is 1. The highest BCUT2D eigenvalue weighted by atomic mass is 35.5. The Labute approximate surface area is 206 Å². The number of ether oxygens (including phenoxy) is 1. The second kappa shape index (κ2) is 9.21. The summed E-state index contributed by atoms with van der Waals surface area (Å²) in [5.74, 6) is -0.592. The molecule has 2 aromatic heterocycles. The molecule has 0 aliphatic carbocycles. The van der Waals surface area contributed by atoms with E-state index in [-0.39, 0.29) is 38.7 Å². The largest absolute Gasteiger partial charge is 0.417 e. The fourth-order valence-electron chi connectivity index (χ4n) is 3.89. The number of pyridine rings is 1. The summed E-state index contributed by atoms with van der Waals surface area (Å²) >= 11 is 5.97. The maximum absolute atomic E-state index is 13.1. The number of hydrogen-bond donors (Lipinski definition) is 0. The zero-order chi connectivity index (χ0) is 24.6. The van der Waals surface area contributed by atoms with Crippen LogP contribution in [0.3, 0.4) is 0 Å². The smallest absolute Gasteiger partial charge is 0.374 e. The van der Waals surface area contributed by atoms with Crippen LogP contribution in [0.2, 0.25) is 5.02 Å². The van der Waals surface area contributed by atoms with E-state index < -0.39 is 22.2 Å². The van der Waals surface area contributed by atoms with Gasteiger partial charge in [-0.2, -0.15) is 12.7 Å². The lowest BCUT2D eigenvalue weighted by Gasteiger charge is -2.34. The molecular weight excluding hydrogens is 496 g/mol. The highest BCUT2D eigenvalue weighted by Crippen LogP contribution is 2.29. The van der Waals surface area contributed by atoms with E-state index in [4.69, 9.17) is 16.3 Å². The van der Waals surface area contributed by atoms with Gasteiger partial charge in [0.25, 0.3) is 5.91 Å². The minimum Gasteiger partial charge on any atom is -0.374 e. The molecule has 1 aromatic carbocycles. The number of carbonyl (C=O) groups is 2. The summed E-state index contributed by atoms with van der Waals surface area (Å²) in [7, 11) is -4.06. The first-order valence-corrected chi connectivity index (χ1v) is 12.4. The van der Waals surface area contributed by atoms with Gasteiger partial charge in [-0.15, -0.1) is 0 Å². The normalized spacial score (nSPS) is 16.3. The number of piperazine rings is 1. The summed E-state index contributed by atoms with van der Waals surface area (Å²) < 4.78 is 33.5. The predicted octanol–water partition coefficient (Wildman–Crippen LogP) is 2.21. The van der Waals surface area contributed by atoms with Crippen LogP contribution in [0.5, 0.6) is 6.01 Å². The molecule has 1 saturated heterocycles. The highest BCUT2D eigenvalue weighted by Gasteiger charge is 2.41. The first-order valence-electron chi connectivity index (χ1n) is 10.6. The Morgan fingerprint density at radius 2 is 1.66 bits per heavy atom. The molecule has 3 aromatic rings.